The van der Waals surface area contributed by atoms with Gasteiger partial charge in [0.25, 0.3) is 15.9 Å². The molecule has 0 aliphatic carbocycles. The lowest BCUT2D eigenvalue weighted by atomic mass is 10.1. The van der Waals surface area contributed by atoms with E-state index in [2.05, 4.69) is 5.32 Å². The van der Waals surface area contributed by atoms with Crippen LogP contribution in [0.25, 0.3) is 0 Å². The fourth-order valence-electron chi connectivity index (χ4n) is 3.60. The van der Waals surface area contributed by atoms with Crippen LogP contribution in [0.5, 0.6) is 0 Å². The van der Waals surface area contributed by atoms with Crippen LogP contribution in [0.15, 0.2) is 53.4 Å². The van der Waals surface area contributed by atoms with Gasteiger partial charge < -0.3 is 10.2 Å². The maximum atomic E-state index is 13.3. The van der Waals surface area contributed by atoms with E-state index in [1.807, 2.05) is 45.0 Å². The number of aryl methyl sites for hydroxylation is 1. The highest BCUT2D eigenvalue weighted by molar-refractivity contribution is 7.90. The number of sulfonamides is 1. The van der Waals surface area contributed by atoms with Crippen LogP contribution in [0.2, 0.25) is 0 Å². The molecular formula is C23H27N3O5S. The molecule has 0 spiro atoms. The quantitative estimate of drug-likeness (QED) is 0.686. The molecule has 1 aliphatic heterocycles. The van der Waals surface area contributed by atoms with Crippen molar-refractivity contribution in [3.8, 4) is 0 Å². The SMILES string of the molecule is Cc1cccc(CN(C(=O)CN2C(=O)c3ccccc3S2(=O)=O)[C@@H](C)C(=O)NC(C)C)c1. The van der Waals surface area contributed by atoms with E-state index in [1.165, 1.54) is 23.1 Å². The van der Waals surface area contributed by atoms with Crippen LogP contribution in [-0.4, -0.2) is 54.0 Å². The van der Waals surface area contributed by atoms with Gasteiger partial charge >= 0.3 is 0 Å². The highest BCUT2D eigenvalue weighted by atomic mass is 32.2. The Balaban J connectivity index is 1.90. The third kappa shape index (κ3) is 4.67. The highest BCUT2D eigenvalue weighted by Gasteiger charge is 2.43. The smallest absolute Gasteiger partial charge is 0.269 e. The molecule has 8 nitrogen and oxygen atoms in total. The van der Waals surface area contributed by atoms with Crippen LogP contribution in [0.1, 0.15) is 42.3 Å². The van der Waals surface area contributed by atoms with Crippen molar-refractivity contribution in [2.45, 2.75) is 51.2 Å². The maximum absolute atomic E-state index is 13.3. The number of benzene rings is 2. The number of amides is 3. The summed E-state index contributed by atoms with van der Waals surface area (Å²) >= 11 is 0. The molecule has 3 rings (SSSR count). The van der Waals surface area contributed by atoms with E-state index in [4.69, 9.17) is 0 Å². The monoisotopic (exact) mass is 457 g/mol. The van der Waals surface area contributed by atoms with Crippen LogP contribution >= 0.6 is 0 Å². The molecule has 2 aromatic rings. The van der Waals surface area contributed by atoms with E-state index >= 15 is 0 Å². The van der Waals surface area contributed by atoms with Gasteiger partial charge in [-0.25, -0.2) is 12.7 Å². The molecule has 9 heteroatoms. The highest BCUT2D eigenvalue weighted by Crippen LogP contribution is 2.30. The second kappa shape index (κ2) is 9.12. The molecule has 1 heterocycles. The molecule has 1 N–H and O–H groups in total. The molecule has 0 unspecified atom stereocenters. The van der Waals surface area contributed by atoms with Crippen molar-refractivity contribution in [1.82, 2.24) is 14.5 Å². The lowest BCUT2D eigenvalue weighted by molar-refractivity contribution is -0.140. The lowest BCUT2D eigenvalue weighted by Gasteiger charge is -2.30. The van der Waals surface area contributed by atoms with E-state index in [9.17, 15) is 22.8 Å². The van der Waals surface area contributed by atoms with Gasteiger partial charge in [0.15, 0.2) is 0 Å². The van der Waals surface area contributed by atoms with E-state index < -0.39 is 34.4 Å². The first-order valence-corrected chi connectivity index (χ1v) is 11.8. The van der Waals surface area contributed by atoms with Gasteiger partial charge in [0.05, 0.1) is 5.56 Å². The molecule has 0 aromatic heterocycles. The van der Waals surface area contributed by atoms with Gasteiger partial charge in [0.1, 0.15) is 17.5 Å². The zero-order valence-corrected chi connectivity index (χ0v) is 19.3. The van der Waals surface area contributed by atoms with E-state index in [1.54, 1.807) is 13.0 Å². The number of nitrogens with one attached hydrogen (secondary N) is 1. The minimum Gasteiger partial charge on any atom is -0.352 e. The van der Waals surface area contributed by atoms with Crippen molar-refractivity contribution >= 4 is 27.7 Å². The first-order chi connectivity index (χ1) is 15.0. The predicted molar refractivity (Wildman–Crippen MR) is 119 cm³/mol. The van der Waals surface area contributed by atoms with Crippen LogP contribution in [0.3, 0.4) is 0 Å². The minimum absolute atomic E-state index is 0.0381. The van der Waals surface area contributed by atoms with Gasteiger partial charge in [-0.3, -0.25) is 14.4 Å². The summed E-state index contributed by atoms with van der Waals surface area (Å²) in [6, 6.07) is 12.3. The Morgan fingerprint density at radius 1 is 1.06 bits per heavy atom. The average Bonchev–Trinajstić information content (AvgIpc) is 2.92. The first kappa shape index (κ1) is 23.5. The Bertz CT molecular complexity index is 1160. The molecule has 0 bridgehead atoms. The van der Waals surface area contributed by atoms with Gasteiger partial charge in [0, 0.05) is 12.6 Å². The molecule has 1 atom stereocenters. The second-order valence-electron chi connectivity index (χ2n) is 8.16. The average molecular weight is 458 g/mol. The molecule has 2 aromatic carbocycles. The molecule has 3 amide bonds. The Hall–Kier alpha value is -3.20. The molecule has 170 valence electrons. The number of hydrogen-bond donors (Lipinski definition) is 1. The largest absolute Gasteiger partial charge is 0.352 e. The second-order valence-corrected chi connectivity index (χ2v) is 9.99. The van der Waals surface area contributed by atoms with Crippen molar-refractivity contribution < 1.29 is 22.8 Å². The third-order valence-electron chi connectivity index (χ3n) is 5.22. The standard InChI is InChI=1S/C23H27N3O5S/c1-15(2)24-22(28)17(4)25(13-18-9-7-8-16(3)12-18)21(27)14-26-23(29)19-10-5-6-11-20(19)32(26,30)31/h5-12,15,17H,13-14H2,1-4H3,(H,24,28)/t17-/m0/s1. The van der Waals surface area contributed by atoms with Gasteiger partial charge in [-0.2, -0.15) is 0 Å². The third-order valence-corrected chi connectivity index (χ3v) is 7.01. The minimum atomic E-state index is -4.13. The molecule has 1 aliphatic rings. The number of rotatable bonds is 7. The summed E-state index contributed by atoms with van der Waals surface area (Å²) in [4.78, 5) is 39.9. The molecule has 0 saturated carbocycles. The molecule has 0 fully saturated rings. The summed E-state index contributed by atoms with van der Waals surface area (Å²) in [5.74, 6) is -1.74. The van der Waals surface area contributed by atoms with E-state index in [0.29, 0.717) is 4.31 Å². The molecule has 0 saturated heterocycles. The number of fused-ring (bicyclic) bond motifs is 1. The van der Waals surface area contributed by atoms with Crippen molar-refractivity contribution in [1.29, 1.82) is 0 Å². The summed E-state index contributed by atoms with van der Waals surface area (Å²) < 4.78 is 26.3. The van der Waals surface area contributed by atoms with Crippen molar-refractivity contribution in [2.75, 3.05) is 6.54 Å². The fraction of sp³-hybridized carbons (Fsp3) is 0.348. The predicted octanol–water partition coefficient (Wildman–Crippen LogP) is 2.08. The molecule has 32 heavy (non-hydrogen) atoms. The first-order valence-electron chi connectivity index (χ1n) is 10.3. The van der Waals surface area contributed by atoms with Crippen molar-refractivity contribution in [3.63, 3.8) is 0 Å². The maximum Gasteiger partial charge on any atom is 0.269 e. The Morgan fingerprint density at radius 3 is 2.38 bits per heavy atom. The fourth-order valence-corrected chi connectivity index (χ4v) is 5.11. The Labute approximate surface area is 188 Å². The zero-order valence-electron chi connectivity index (χ0n) is 18.5. The van der Waals surface area contributed by atoms with E-state index in [0.717, 1.165) is 11.1 Å². The van der Waals surface area contributed by atoms with Gasteiger partial charge in [-0.1, -0.05) is 42.0 Å². The van der Waals surface area contributed by atoms with Gasteiger partial charge in [-0.05, 0) is 45.4 Å². The Kier molecular flexibility index (Phi) is 6.68. The normalized spacial score (nSPS) is 15.4. The van der Waals surface area contributed by atoms with Crippen LogP contribution in [0, 0.1) is 6.92 Å². The summed E-state index contributed by atoms with van der Waals surface area (Å²) in [7, 11) is -4.13. The van der Waals surface area contributed by atoms with Crippen LogP contribution < -0.4 is 5.32 Å². The molecule has 0 radical (unpaired) electrons. The van der Waals surface area contributed by atoms with Gasteiger partial charge in [0.2, 0.25) is 11.8 Å². The Morgan fingerprint density at radius 2 is 1.75 bits per heavy atom. The summed E-state index contributed by atoms with van der Waals surface area (Å²) in [5.41, 5.74) is 1.82. The zero-order chi connectivity index (χ0) is 23.6. The van der Waals surface area contributed by atoms with Crippen LogP contribution in [0.4, 0.5) is 0 Å². The van der Waals surface area contributed by atoms with Gasteiger partial charge in [-0.15, -0.1) is 0 Å². The number of carbonyl (C=O) groups excluding carboxylic acids is 3. The number of nitrogens with zero attached hydrogens (tertiary/aromatic N) is 2. The summed E-state index contributed by atoms with van der Waals surface area (Å²) in [5, 5.41) is 2.78. The summed E-state index contributed by atoms with van der Waals surface area (Å²) in [6.07, 6.45) is 0. The number of hydrogen-bond acceptors (Lipinski definition) is 5. The van der Waals surface area contributed by atoms with Crippen molar-refractivity contribution in [3.05, 3.63) is 65.2 Å². The van der Waals surface area contributed by atoms with Crippen LogP contribution in [-0.2, 0) is 26.2 Å². The lowest BCUT2D eigenvalue weighted by Crippen LogP contribution is -2.52. The molecular weight excluding hydrogens is 430 g/mol. The topological polar surface area (TPSA) is 104 Å². The number of carbonyl (C=O) groups is 3. The van der Waals surface area contributed by atoms with Crippen molar-refractivity contribution in [2.24, 2.45) is 0 Å². The van der Waals surface area contributed by atoms with E-state index in [-0.39, 0.29) is 29.0 Å². The summed E-state index contributed by atoms with van der Waals surface area (Å²) in [6.45, 7) is 6.54.